The lowest BCUT2D eigenvalue weighted by Crippen LogP contribution is -2.35. The van der Waals surface area contributed by atoms with E-state index in [1.165, 1.54) is 12.8 Å². The molecule has 0 aromatic heterocycles. The zero-order valence-electron chi connectivity index (χ0n) is 7.16. The standard InChI is InChI=1S/C8H13N3.HI/c1-3-6-10-8(9)11(2)7-4-5-7;/h1,7H,4-6H2,2H3,(H2,9,10);1H. The Balaban J connectivity index is 0.00000121. The number of halogens is 1. The summed E-state index contributed by atoms with van der Waals surface area (Å²) < 4.78 is 0. The van der Waals surface area contributed by atoms with Gasteiger partial charge < -0.3 is 10.6 Å². The first-order valence-electron chi connectivity index (χ1n) is 3.72. The maximum absolute atomic E-state index is 5.62. The van der Waals surface area contributed by atoms with Crippen LogP contribution in [0.1, 0.15) is 12.8 Å². The molecule has 0 radical (unpaired) electrons. The molecule has 0 aromatic carbocycles. The summed E-state index contributed by atoms with van der Waals surface area (Å²) in [6, 6.07) is 0.608. The molecule has 0 aromatic rings. The van der Waals surface area contributed by atoms with Gasteiger partial charge in [0.05, 0.1) is 0 Å². The molecule has 3 nitrogen and oxygen atoms in total. The van der Waals surface area contributed by atoms with Crippen LogP contribution in [0, 0.1) is 12.3 Å². The van der Waals surface area contributed by atoms with E-state index in [9.17, 15) is 0 Å². The Morgan fingerprint density at radius 2 is 2.33 bits per heavy atom. The topological polar surface area (TPSA) is 41.6 Å². The summed E-state index contributed by atoms with van der Waals surface area (Å²) in [5.74, 6) is 2.98. The van der Waals surface area contributed by atoms with Gasteiger partial charge in [-0.1, -0.05) is 5.92 Å². The highest BCUT2D eigenvalue weighted by Crippen LogP contribution is 2.24. The normalized spacial score (nSPS) is 16.2. The highest BCUT2D eigenvalue weighted by molar-refractivity contribution is 14.0. The smallest absolute Gasteiger partial charge is 0.192 e. The van der Waals surface area contributed by atoms with Gasteiger partial charge in [-0.05, 0) is 12.8 Å². The van der Waals surface area contributed by atoms with Crippen molar-refractivity contribution in [3.63, 3.8) is 0 Å². The number of nitrogens with zero attached hydrogens (tertiary/aromatic N) is 2. The van der Waals surface area contributed by atoms with Crippen molar-refractivity contribution in [1.29, 1.82) is 0 Å². The molecular weight excluding hydrogens is 265 g/mol. The van der Waals surface area contributed by atoms with Crippen molar-refractivity contribution in [3.8, 4) is 12.3 Å². The second-order valence-corrected chi connectivity index (χ2v) is 2.72. The van der Waals surface area contributed by atoms with Crippen LogP contribution in [0.4, 0.5) is 0 Å². The molecule has 0 saturated heterocycles. The molecule has 0 aliphatic heterocycles. The molecule has 4 heteroatoms. The molecule has 12 heavy (non-hydrogen) atoms. The summed E-state index contributed by atoms with van der Waals surface area (Å²) in [6.45, 7) is 0.378. The zero-order chi connectivity index (χ0) is 8.27. The molecule has 1 aliphatic carbocycles. The largest absolute Gasteiger partial charge is 0.370 e. The van der Waals surface area contributed by atoms with E-state index >= 15 is 0 Å². The van der Waals surface area contributed by atoms with E-state index in [-0.39, 0.29) is 24.0 Å². The van der Waals surface area contributed by atoms with Crippen molar-refractivity contribution in [2.24, 2.45) is 10.7 Å². The van der Waals surface area contributed by atoms with Gasteiger partial charge in [0.1, 0.15) is 6.54 Å². The van der Waals surface area contributed by atoms with E-state index in [1.54, 1.807) is 0 Å². The van der Waals surface area contributed by atoms with E-state index in [1.807, 2.05) is 11.9 Å². The van der Waals surface area contributed by atoms with Crippen LogP contribution in [-0.2, 0) is 0 Å². The number of guanidine groups is 1. The Kier molecular flexibility index (Phi) is 5.06. The van der Waals surface area contributed by atoms with Gasteiger partial charge in [-0.3, -0.25) is 0 Å². The minimum atomic E-state index is 0. The average Bonchev–Trinajstić information content (AvgIpc) is 2.81. The predicted octanol–water partition coefficient (Wildman–Crippen LogP) is 0.647. The third-order valence-corrected chi connectivity index (χ3v) is 1.79. The molecule has 1 saturated carbocycles. The summed E-state index contributed by atoms with van der Waals surface area (Å²) in [4.78, 5) is 5.97. The lowest BCUT2D eigenvalue weighted by molar-refractivity contribution is 0.488. The first kappa shape index (κ1) is 11.6. The molecule has 0 atom stereocenters. The minimum Gasteiger partial charge on any atom is -0.370 e. The van der Waals surface area contributed by atoms with Crippen LogP contribution in [0.25, 0.3) is 0 Å². The Morgan fingerprint density at radius 1 is 1.75 bits per heavy atom. The van der Waals surface area contributed by atoms with E-state index in [2.05, 4.69) is 10.9 Å². The van der Waals surface area contributed by atoms with Crippen LogP contribution in [0.3, 0.4) is 0 Å². The highest BCUT2D eigenvalue weighted by Gasteiger charge is 2.27. The molecule has 0 amide bonds. The summed E-state index contributed by atoms with van der Waals surface area (Å²) in [5, 5.41) is 0. The number of nitrogens with two attached hydrogens (primary N) is 1. The quantitative estimate of drug-likeness (QED) is 0.349. The Labute approximate surface area is 90.4 Å². The number of hydrogen-bond acceptors (Lipinski definition) is 1. The van der Waals surface area contributed by atoms with Gasteiger partial charge in [-0.2, -0.15) is 0 Å². The van der Waals surface area contributed by atoms with Gasteiger partial charge in [-0.15, -0.1) is 30.4 Å². The molecule has 0 unspecified atom stereocenters. The van der Waals surface area contributed by atoms with Crippen molar-refractivity contribution < 1.29 is 0 Å². The fraction of sp³-hybridized carbons (Fsp3) is 0.625. The van der Waals surface area contributed by atoms with Gasteiger partial charge in [0.15, 0.2) is 5.96 Å². The maximum Gasteiger partial charge on any atom is 0.192 e. The van der Waals surface area contributed by atoms with Gasteiger partial charge in [0.25, 0.3) is 0 Å². The van der Waals surface area contributed by atoms with E-state index < -0.39 is 0 Å². The third kappa shape index (κ3) is 3.30. The zero-order valence-corrected chi connectivity index (χ0v) is 9.49. The maximum atomic E-state index is 5.62. The molecule has 1 rings (SSSR count). The van der Waals surface area contributed by atoms with Gasteiger partial charge in [0, 0.05) is 13.1 Å². The second kappa shape index (κ2) is 5.25. The van der Waals surface area contributed by atoms with Gasteiger partial charge >= 0.3 is 0 Å². The van der Waals surface area contributed by atoms with Crippen LogP contribution < -0.4 is 5.73 Å². The number of aliphatic imine (C=N–C) groups is 1. The first-order valence-corrected chi connectivity index (χ1v) is 3.72. The number of terminal acetylenes is 1. The lowest BCUT2D eigenvalue weighted by atomic mass is 10.6. The third-order valence-electron chi connectivity index (χ3n) is 1.79. The summed E-state index contributed by atoms with van der Waals surface area (Å²) in [5.41, 5.74) is 5.62. The van der Waals surface area contributed by atoms with Crippen molar-refractivity contribution >= 4 is 29.9 Å². The molecule has 2 N–H and O–H groups in total. The van der Waals surface area contributed by atoms with E-state index in [0.717, 1.165) is 0 Å². The summed E-state index contributed by atoms with van der Waals surface area (Å²) in [7, 11) is 1.95. The van der Waals surface area contributed by atoms with Crippen molar-refractivity contribution in [1.82, 2.24) is 4.90 Å². The fourth-order valence-corrected chi connectivity index (χ4v) is 0.887. The lowest BCUT2D eigenvalue weighted by Gasteiger charge is -2.16. The summed E-state index contributed by atoms with van der Waals surface area (Å²) >= 11 is 0. The van der Waals surface area contributed by atoms with E-state index in [0.29, 0.717) is 18.5 Å². The van der Waals surface area contributed by atoms with Crippen molar-refractivity contribution in [2.45, 2.75) is 18.9 Å². The fourth-order valence-electron chi connectivity index (χ4n) is 0.887. The molecule has 1 fully saturated rings. The SMILES string of the molecule is C#CCN=C(N)N(C)C1CC1.I. The average molecular weight is 279 g/mol. The van der Waals surface area contributed by atoms with Crippen LogP contribution >= 0.6 is 24.0 Å². The molecule has 68 valence electrons. The van der Waals surface area contributed by atoms with Crippen LogP contribution in [0.15, 0.2) is 4.99 Å². The van der Waals surface area contributed by atoms with Gasteiger partial charge in [0.2, 0.25) is 0 Å². The van der Waals surface area contributed by atoms with Crippen molar-refractivity contribution in [3.05, 3.63) is 0 Å². The molecule has 0 heterocycles. The molecule has 0 spiro atoms. The Morgan fingerprint density at radius 3 is 2.75 bits per heavy atom. The molecular formula is C8H14IN3. The van der Waals surface area contributed by atoms with Crippen molar-refractivity contribution in [2.75, 3.05) is 13.6 Å². The predicted molar refractivity (Wildman–Crippen MR) is 61.5 cm³/mol. The van der Waals surface area contributed by atoms with E-state index in [4.69, 9.17) is 12.2 Å². The number of rotatable bonds is 2. The Hall–Kier alpha value is -0.440. The molecule has 0 bridgehead atoms. The highest BCUT2D eigenvalue weighted by atomic mass is 127. The van der Waals surface area contributed by atoms with Crippen LogP contribution in [0.2, 0.25) is 0 Å². The minimum absolute atomic E-state index is 0. The summed E-state index contributed by atoms with van der Waals surface area (Å²) in [6.07, 6.45) is 7.49. The first-order chi connectivity index (χ1) is 5.25. The monoisotopic (exact) mass is 279 g/mol. The Bertz CT molecular complexity index is 203. The van der Waals surface area contributed by atoms with Crippen LogP contribution in [0.5, 0.6) is 0 Å². The van der Waals surface area contributed by atoms with Crippen LogP contribution in [-0.4, -0.2) is 30.5 Å². The molecule has 1 aliphatic rings. The van der Waals surface area contributed by atoms with Gasteiger partial charge in [-0.25, -0.2) is 4.99 Å². The second-order valence-electron chi connectivity index (χ2n) is 2.72. The number of hydrogen-bond donors (Lipinski definition) is 1.